The average Bonchev–Trinajstić information content (AvgIpc) is 2.34. The van der Waals surface area contributed by atoms with Gasteiger partial charge in [-0.25, -0.2) is 0 Å². The molecule has 0 saturated heterocycles. The third kappa shape index (κ3) is 4.84. The van der Waals surface area contributed by atoms with E-state index in [0.29, 0.717) is 23.2 Å². The summed E-state index contributed by atoms with van der Waals surface area (Å²) >= 11 is 6.06. The predicted molar refractivity (Wildman–Crippen MR) is 75.2 cm³/mol. The molecule has 0 radical (unpaired) electrons. The number of aliphatic hydroxyl groups excluding tert-OH is 1. The van der Waals surface area contributed by atoms with E-state index in [2.05, 4.69) is 19.2 Å². The zero-order chi connectivity index (χ0) is 13.5. The van der Waals surface area contributed by atoms with Gasteiger partial charge in [-0.15, -0.1) is 0 Å². The molecular weight excluding hydrogens is 250 g/mol. The number of ether oxygens (including phenoxy) is 1. The Kier molecular flexibility index (Phi) is 6.47. The van der Waals surface area contributed by atoms with Crippen molar-refractivity contribution in [3.05, 3.63) is 28.8 Å². The van der Waals surface area contributed by atoms with Crippen LogP contribution in [0.5, 0.6) is 5.75 Å². The fourth-order valence-corrected chi connectivity index (χ4v) is 2.15. The third-order valence-corrected chi connectivity index (χ3v) is 3.08. The first-order chi connectivity index (χ1) is 8.56. The molecule has 1 unspecified atom stereocenters. The molecule has 0 amide bonds. The molecule has 2 N–H and O–H groups in total. The first kappa shape index (κ1) is 15.3. The van der Waals surface area contributed by atoms with E-state index in [4.69, 9.17) is 16.3 Å². The summed E-state index contributed by atoms with van der Waals surface area (Å²) < 4.78 is 5.11. The van der Waals surface area contributed by atoms with E-state index in [1.54, 1.807) is 7.11 Å². The summed E-state index contributed by atoms with van der Waals surface area (Å²) in [5, 5.41) is 13.2. The SMILES string of the molecule is COc1ccc(CNC(CO)CC(C)C)cc1Cl. The Balaban J connectivity index is 2.54. The fourth-order valence-electron chi connectivity index (χ4n) is 1.87. The number of rotatable bonds is 7. The lowest BCUT2D eigenvalue weighted by Gasteiger charge is -2.18. The number of aliphatic hydroxyl groups is 1. The molecule has 0 fully saturated rings. The Hall–Kier alpha value is -0.770. The highest BCUT2D eigenvalue weighted by Crippen LogP contribution is 2.24. The topological polar surface area (TPSA) is 41.5 Å². The van der Waals surface area contributed by atoms with E-state index in [0.717, 1.165) is 12.0 Å². The van der Waals surface area contributed by atoms with Crippen LogP contribution in [-0.4, -0.2) is 24.9 Å². The maximum Gasteiger partial charge on any atom is 0.137 e. The van der Waals surface area contributed by atoms with Gasteiger partial charge in [0.2, 0.25) is 0 Å². The highest BCUT2D eigenvalue weighted by molar-refractivity contribution is 6.32. The molecule has 0 saturated carbocycles. The molecule has 4 heteroatoms. The van der Waals surface area contributed by atoms with Crippen LogP contribution in [0.1, 0.15) is 25.8 Å². The molecule has 1 aromatic rings. The number of hydrogen-bond donors (Lipinski definition) is 2. The van der Waals surface area contributed by atoms with Gasteiger partial charge >= 0.3 is 0 Å². The number of nitrogens with one attached hydrogen (secondary N) is 1. The van der Waals surface area contributed by atoms with E-state index in [1.165, 1.54) is 0 Å². The minimum atomic E-state index is 0.130. The molecule has 18 heavy (non-hydrogen) atoms. The summed E-state index contributed by atoms with van der Waals surface area (Å²) in [5.74, 6) is 1.25. The largest absolute Gasteiger partial charge is 0.495 e. The van der Waals surface area contributed by atoms with Crippen molar-refractivity contribution >= 4 is 11.6 Å². The number of benzene rings is 1. The van der Waals surface area contributed by atoms with Crippen LogP contribution >= 0.6 is 11.6 Å². The van der Waals surface area contributed by atoms with Gasteiger partial charge in [-0.1, -0.05) is 31.5 Å². The monoisotopic (exact) mass is 271 g/mol. The lowest BCUT2D eigenvalue weighted by atomic mass is 10.0. The average molecular weight is 272 g/mol. The highest BCUT2D eigenvalue weighted by Gasteiger charge is 2.09. The lowest BCUT2D eigenvalue weighted by Crippen LogP contribution is -2.33. The van der Waals surface area contributed by atoms with Gasteiger partial charge < -0.3 is 15.2 Å². The van der Waals surface area contributed by atoms with E-state index in [1.807, 2.05) is 18.2 Å². The molecule has 0 aromatic heterocycles. The Bertz CT molecular complexity index is 369. The van der Waals surface area contributed by atoms with Crippen molar-refractivity contribution in [2.75, 3.05) is 13.7 Å². The molecule has 1 rings (SSSR count). The summed E-state index contributed by atoms with van der Waals surface area (Å²) in [6.45, 7) is 5.15. The molecule has 3 nitrogen and oxygen atoms in total. The standard InChI is InChI=1S/C14H22ClNO2/c1-10(2)6-12(9-17)16-8-11-4-5-14(18-3)13(15)7-11/h4-5,7,10,12,16-17H,6,8-9H2,1-3H3. The molecule has 1 atom stereocenters. The predicted octanol–water partition coefficient (Wildman–Crippen LogP) is 2.85. The Morgan fingerprint density at radius 3 is 2.61 bits per heavy atom. The molecular formula is C14H22ClNO2. The van der Waals surface area contributed by atoms with Crippen LogP contribution in [0.4, 0.5) is 0 Å². The second-order valence-corrected chi connectivity index (χ2v) is 5.27. The number of halogens is 1. The van der Waals surface area contributed by atoms with Crippen molar-refractivity contribution in [1.29, 1.82) is 0 Å². The van der Waals surface area contributed by atoms with Gasteiger partial charge in [-0.3, -0.25) is 0 Å². The summed E-state index contributed by atoms with van der Waals surface area (Å²) in [6, 6.07) is 5.85. The van der Waals surface area contributed by atoms with Crippen LogP contribution in [0.15, 0.2) is 18.2 Å². The van der Waals surface area contributed by atoms with Crippen molar-refractivity contribution in [3.8, 4) is 5.75 Å². The molecule has 1 aromatic carbocycles. The third-order valence-electron chi connectivity index (χ3n) is 2.79. The molecule has 0 aliphatic carbocycles. The summed E-state index contributed by atoms with van der Waals surface area (Å²) in [4.78, 5) is 0. The molecule has 0 spiro atoms. The molecule has 0 heterocycles. The van der Waals surface area contributed by atoms with Crippen LogP contribution in [0.25, 0.3) is 0 Å². The van der Waals surface area contributed by atoms with Crippen LogP contribution in [0.2, 0.25) is 5.02 Å². The second-order valence-electron chi connectivity index (χ2n) is 4.86. The lowest BCUT2D eigenvalue weighted by molar-refractivity contribution is 0.223. The Labute approximate surface area is 114 Å². The minimum Gasteiger partial charge on any atom is -0.495 e. The minimum absolute atomic E-state index is 0.130. The molecule has 0 aliphatic rings. The number of hydrogen-bond acceptors (Lipinski definition) is 3. The maximum atomic E-state index is 9.28. The van der Waals surface area contributed by atoms with E-state index in [9.17, 15) is 5.11 Å². The second kappa shape index (κ2) is 7.62. The zero-order valence-corrected chi connectivity index (χ0v) is 12.0. The van der Waals surface area contributed by atoms with Gasteiger partial charge in [0, 0.05) is 12.6 Å². The van der Waals surface area contributed by atoms with Crippen molar-refractivity contribution < 1.29 is 9.84 Å². The summed E-state index contributed by atoms with van der Waals surface area (Å²) in [6.07, 6.45) is 0.959. The van der Waals surface area contributed by atoms with Gasteiger partial charge in [0.1, 0.15) is 5.75 Å². The van der Waals surface area contributed by atoms with Crippen molar-refractivity contribution in [1.82, 2.24) is 5.32 Å². The Morgan fingerprint density at radius 2 is 2.11 bits per heavy atom. The van der Waals surface area contributed by atoms with Crippen LogP contribution in [0.3, 0.4) is 0 Å². The maximum absolute atomic E-state index is 9.28. The zero-order valence-electron chi connectivity index (χ0n) is 11.2. The van der Waals surface area contributed by atoms with Gasteiger partial charge in [0.25, 0.3) is 0 Å². The first-order valence-electron chi connectivity index (χ1n) is 6.23. The molecule has 0 aliphatic heterocycles. The summed E-state index contributed by atoms with van der Waals surface area (Å²) in [5.41, 5.74) is 1.09. The smallest absolute Gasteiger partial charge is 0.137 e. The Morgan fingerprint density at radius 1 is 1.39 bits per heavy atom. The van der Waals surface area contributed by atoms with Crippen molar-refractivity contribution in [3.63, 3.8) is 0 Å². The quantitative estimate of drug-likeness (QED) is 0.801. The normalized spacial score (nSPS) is 12.8. The van der Waals surface area contributed by atoms with Crippen LogP contribution in [0, 0.1) is 5.92 Å². The van der Waals surface area contributed by atoms with E-state index >= 15 is 0 Å². The highest BCUT2D eigenvalue weighted by atomic mass is 35.5. The van der Waals surface area contributed by atoms with Crippen LogP contribution < -0.4 is 10.1 Å². The molecule has 0 bridgehead atoms. The van der Waals surface area contributed by atoms with Crippen LogP contribution in [-0.2, 0) is 6.54 Å². The van der Waals surface area contributed by atoms with Gasteiger partial charge in [0.15, 0.2) is 0 Å². The van der Waals surface area contributed by atoms with Gasteiger partial charge in [-0.2, -0.15) is 0 Å². The molecule has 102 valence electrons. The van der Waals surface area contributed by atoms with E-state index in [-0.39, 0.29) is 12.6 Å². The van der Waals surface area contributed by atoms with Crippen molar-refractivity contribution in [2.24, 2.45) is 5.92 Å². The van der Waals surface area contributed by atoms with Gasteiger partial charge in [-0.05, 0) is 30.0 Å². The number of methoxy groups -OCH3 is 1. The van der Waals surface area contributed by atoms with Gasteiger partial charge in [0.05, 0.1) is 18.7 Å². The van der Waals surface area contributed by atoms with E-state index < -0.39 is 0 Å². The van der Waals surface area contributed by atoms with Crippen molar-refractivity contribution in [2.45, 2.75) is 32.9 Å². The summed E-state index contributed by atoms with van der Waals surface area (Å²) in [7, 11) is 1.60. The first-order valence-corrected chi connectivity index (χ1v) is 6.61. The fraction of sp³-hybridized carbons (Fsp3) is 0.571.